The van der Waals surface area contributed by atoms with Crippen LogP contribution in [0, 0.1) is 5.92 Å². The summed E-state index contributed by atoms with van der Waals surface area (Å²) in [7, 11) is 0. The summed E-state index contributed by atoms with van der Waals surface area (Å²) in [6.07, 6.45) is 0. The van der Waals surface area contributed by atoms with Crippen LogP contribution in [0.15, 0.2) is 90.0 Å². The summed E-state index contributed by atoms with van der Waals surface area (Å²) in [5, 5.41) is 4.30. The van der Waals surface area contributed by atoms with Crippen molar-refractivity contribution < 1.29 is 9.53 Å². The van der Waals surface area contributed by atoms with Gasteiger partial charge < -0.3 is 4.74 Å². The third-order valence-corrected chi connectivity index (χ3v) is 4.25. The Hall–Kier alpha value is -3.40. The number of carbonyl (C=O) groups excluding carboxylic acids is 1. The van der Waals surface area contributed by atoms with Gasteiger partial charge in [-0.2, -0.15) is 5.10 Å². The molecule has 0 saturated heterocycles. The van der Waals surface area contributed by atoms with Gasteiger partial charge in [0.1, 0.15) is 5.75 Å². The van der Waals surface area contributed by atoms with Gasteiger partial charge in [-0.3, -0.25) is 4.79 Å². The van der Waals surface area contributed by atoms with Gasteiger partial charge in [-0.15, -0.1) is 0 Å². The van der Waals surface area contributed by atoms with Gasteiger partial charge in [0.15, 0.2) is 6.61 Å². The van der Waals surface area contributed by atoms with E-state index in [9.17, 15) is 4.79 Å². The van der Waals surface area contributed by atoms with Crippen molar-refractivity contribution in [3.8, 4) is 16.9 Å². The van der Waals surface area contributed by atoms with Crippen LogP contribution in [0.25, 0.3) is 11.1 Å². The summed E-state index contributed by atoms with van der Waals surface area (Å²) in [4.78, 5) is 12.1. The number of carbonyl (C=O) groups is 1. The van der Waals surface area contributed by atoms with Crippen molar-refractivity contribution in [2.75, 3.05) is 6.61 Å². The van der Waals surface area contributed by atoms with E-state index in [-0.39, 0.29) is 18.4 Å². The summed E-state index contributed by atoms with van der Waals surface area (Å²) in [6.45, 7) is 4.00. The number of amides is 1. The van der Waals surface area contributed by atoms with Crippen molar-refractivity contribution >= 4 is 11.6 Å². The first-order valence-electron chi connectivity index (χ1n) is 9.33. The Morgan fingerprint density at radius 2 is 1.43 bits per heavy atom. The number of benzene rings is 3. The zero-order valence-corrected chi connectivity index (χ0v) is 16.1. The van der Waals surface area contributed by atoms with Gasteiger partial charge in [0, 0.05) is 0 Å². The fraction of sp³-hybridized carbons (Fsp3) is 0.167. The first-order valence-corrected chi connectivity index (χ1v) is 9.33. The molecular formula is C24H24N2O2. The average molecular weight is 372 g/mol. The molecule has 0 fully saturated rings. The van der Waals surface area contributed by atoms with E-state index in [1.165, 1.54) is 0 Å². The summed E-state index contributed by atoms with van der Waals surface area (Å²) in [6, 6.07) is 27.6. The molecule has 0 aliphatic rings. The van der Waals surface area contributed by atoms with Crippen LogP contribution in [0.4, 0.5) is 0 Å². The van der Waals surface area contributed by atoms with Gasteiger partial charge in [0.25, 0.3) is 5.91 Å². The summed E-state index contributed by atoms with van der Waals surface area (Å²) in [5.74, 6) is 0.543. The van der Waals surface area contributed by atoms with E-state index in [4.69, 9.17) is 4.74 Å². The van der Waals surface area contributed by atoms with Gasteiger partial charge in [0.2, 0.25) is 0 Å². The Bertz CT molecular complexity index is 918. The standard InChI is InChI=1S/C24H24N2O2/c1-18(2)24(21-11-7-4-8-12-21)26-25-23(27)17-28-22-15-13-20(14-16-22)19-9-5-3-6-10-19/h3-16,18H,17H2,1-2H3,(H,25,27)/b26-24+. The fourth-order valence-electron chi connectivity index (χ4n) is 2.81. The topological polar surface area (TPSA) is 50.7 Å². The molecular weight excluding hydrogens is 348 g/mol. The molecule has 0 heterocycles. The molecule has 3 aromatic carbocycles. The number of ether oxygens (including phenoxy) is 1. The molecule has 3 aromatic rings. The Kier molecular flexibility index (Phi) is 6.58. The van der Waals surface area contributed by atoms with Crippen molar-refractivity contribution in [1.29, 1.82) is 0 Å². The molecule has 4 nitrogen and oxygen atoms in total. The SMILES string of the molecule is CC(C)/C(=N\NC(=O)COc1ccc(-c2ccccc2)cc1)c1ccccc1. The molecule has 0 bridgehead atoms. The third kappa shape index (κ3) is 5.30. The summed E-state index contributed by atoms with van der Waals surface area (Å²) in [5.41, 5.74) is 6.67. The van der Waals surface area contributed by atoms with Crippen LogP contribution in [0.2, 0.25) is 0 Å². The maximum Gasteiger partial charge on any atom is 0.277 e. The van der Waals surface area contributed by atoms with E-state index in [2.05, 4.69) is 22.7 Å². The monoisotopic (exact) mass is 372 g/mol. The minimum atomic E-state index is -0.291. The largest absolute Gasteiger partial charge is 0.484 e. The van der Waals surface area contributed by atoms with Crippen LogP contribution in [0.3, 0.4) is 0 Å². The molecule has 0 atom stereocenters. The zero-order valence-electron chi connectivity index (χ0n) is 16.1. The smallest absolute Gasteiger partial charge is 0.277 e. The number of nitrogens with one attached hydrogen (secondary N) is 1. The predicted molar refractivity (Wildman–Crippen MR) is 113 cm³/mol. The van der Waals surface area contributed by atoms with E-state index < -0.39 is 0 Å². The molecule has 0 unspecified atom stereocenters. The number of hydrogen-bond donors (Lipinski definition) is 1. The quantitative estimate of drug-likeness (QED) is 0.473. The Labute approximate surface area is 165 Å². The first kappa shape index (κ1) is 19.4. The third-order valence-electron chi connectivity index (χ3n) is 4.25. The minimum absolute atomic E-state index is 0.0889. The Balaban J connectivity index is 1.56. The Morgan fingerprint density at radius 3 is 2.04 bits per heavy atom. The van der Waals surface area contributed by atoms with Crippen LogP contribution in [0.5, 0.6) is 5.75 Å². The Morgan fingerprint density at radius 1 is 0.857 bits per heavy atom. The molecule has 1 N–H and O–H groups in total. The van der Waals surface area contributed by atoms with Crippen molar-refractivity contribution in [3.05, 3.63) is 90.5 Å². The predicted octanol–water partition coefficient (Wildman–Crippen LogP) is 4.91. The second-order valence-corrected chi connectivity index (χ2v) is 6.73. The maximum atomic E-state index is 12.1. The van der Waals surface area contributed by atoms with Crippen molar-refractivity contribution in [2.45, 2.75) is 13.8 Å². The highest BCUT2D eigenvalue weighted by atomic mass is 16.5. The van der Waals surface area contributed by atoms with Crippen LogP contribution in [-0.4, -0.2) is 18.2 Å². The fourth-order valence-corrected chi connectivity index (χ4v) is 2.81. The number of nitrogens with zero attached hydrogens (tertiary/aromatic N) is 1. The van der Waals surface area contributed by atoms with Crippen molar-refractivity contribution in [1.82, 2.24) is 5.43 Å². The van der Waals surface area contributed by atoms with Crippen LogP contribution < -0.4 is 10.2 Å². The molecule has 0 aromatic heterocycles. The lowest BCUT2D eigenvalue weighted by Crippen LogP contribution is -2.27. The zero-order chi connectivity index (χ0) is 19.8. The highest BCUT2D eigenvalue weighted by molar-refractivity contribution is 6.02. The average Bonchev–Trinajstić information content (AvgIpc) is 2.74. The second kappa shape index (κ2) is 9.51. The molecule has 0 saturated carbocycles. The second-order valence-electron chi connectivity index (χ2n) is 6.73. The lowest BCUT2D eigenvalue weighted by molar-refractivity contribution is -0.123. The number of rotatable bonds is 7. The number of hydrazone groups is 1. The van der Waals surface area contributed by atoms with Gasteiger partial charge in [-0.25, -0.2) is 5.43 Å². The molecule has 3 rings (SSSR count). The van der Waals surface area contributed by atoms with Gasteiger partial charge in [-0.05, 0) is 34.7 Å². The molecule has 0 spiro atoms. The van der Waals surface area contributed by atoms with Gasteiger partial charge >= 0.3 is 0 Å². The lowest BCUT2D eigenvalue weighted by atomic mass is 10.0. The van der Waals surface area contributed by atoms with Crippen LogP contribution in [0.1, 0.15) is 19.4 Å². The van der Waals surface area contributed by atoms with E-state index >= 15 is 0 Å². The van der Waals surface area contributed by atoms with Crippen molar-refractivity contribution in [2.24, 2.45) is 11.0 Å². The maximum absolute atomic E-state index is 12.1. The van der Waals surface area contributed by atoms with Crippen LogP contribution in [-0.2, 0) is 4.79 Å². The van der Waals surface area contributed by atoms with Gasteiger partial charge in [-0.1, -0.05) is 86.6 Å². The molecule has 0 aliphatic heterocycles. The molecule has 1 amide bonds. The molecule has 0 radical (unpaired) electrons. The molecule has 28 heavy (non-hydrogen) atoms. The highest BCUT2D eigenvalue weighted by Gasteiger charge is 2.09. The lowest BCUT2D eigenvalue weighted by Gasteiger charge is -2.11. The molecule has 142 valence electrons. The normalized spacial score (nSPS) is 11.3. The van der Waals surface area contributed by atoms with E-state index in [1.54, 1.807) is 0 Å². The van der Waals surface area contributed by atoms with Gasteiger partial charge in [0.05, 0.1) is 5.71 Å². The molecule has 4 heteroatoms. The summed E-state index contributed by atoms with van der Waals surface area (Å²) >= 11 is 0. The van der Waals surface area contributed by atoms with E-state index in [0.29, 0.717) is 5.75 Å². The van der Waals surface area contributed by atoms with E-state index in [0.717, 1.165) is 22.4 Å². The summed E-state index contributed by atoms with van der Waals surface area (Å²) < 4.78 is 5.58. The van der Waals surface area contributed by atoms with Crippen LogP contribution >= 0.6 is 0 Å². The van der Waals surface area contributed by atoms with Crippen molar-refractivity contribution in [3.63, 3.8) is 0 Å². The molecule has 0 aliphatic carbocycles. The van der Waals surface area contributed by atoms with E-state index in [1.807, 2.05) is 86.6 Å². The number of hydrogen-bond acceptors (Lipinski definition) is 3. The first-order chi connectivity index (χ1) is 13.6. The minimum Gasteiger partial charge on any atom is -0.484 e. The highest BCUT2D eigenvalue weighted by Crippen LogP contribution is 2.21.